The van der Waals surface area contributed by atoms with Crippen molar-refractivity contribution in [2.45, 2.75) is 39.0 Å². The van der Waals surface area contributed by atoms with Crippen molar-refractivity contribution in [1.29, 1.82) is 0 Å². The molecule has 176 valence electrons. The molecule has 3 atom stereocenters. The van der Waals surface area contributed by atoms with E-state index in [4.69, 9.17) is 18.1 Å². The summed E-state index contributed by atoms with van der Waals surface area (Å²) in [6.07, 6.45) is 5.58. The molecule has 2 N–H and O–H groups in total. The summed E-state index contributed by atoms with van der Waals surface area (Å²) < 4.78 is 15.0. The van der Waals surface area contributed by atoms with E-state index in [1.54, 1.807) is 30.7 Å². The van der Waals surface area contributed by atoms with E-state index < -0.39 is 18.2 Å². The SMILES string of the molecule is [CH-]=C(/C(C)=C\C(=[CH-])[C@H](O)CC)c1cc2cnc(NC(=O)[C@H]3C[C@H]3F)cc2nc1-c1nccn1C.[Li+]. The monoisotopic (exact) mass is 466 g/mol. The number of amides is 1. The van der Waals surface area contributed by atoms with Crippen LogP contribution < -0.4 is 24.2 Å². The maximum atomic E-state index is 13.2. The first kappa shape index (κ1) is 26.6. The predicted octanol–water partition coefficient (Wildman–Crippen LogP) is 1.22. The molecule has 1 amide bonds. The van der Waals surface area contributed by atoms with Gasteiger partial charge in [-0.25, -0.2) is 37.7 Å². The third-order valence-electron chi connectivity index (χ3n) is 5.90. The summed E-state index contributed by atoms with van der Waals surface area (Å²) in [6.45, 7) is 16.2. The van der Waals surface area contributed by atoms with Crippen LogP contribution in [0.15, 0.2) is 47.9 Å². The number of hydrogen-bond donors (Lipinski definition) is 2. The fourth-order valence-electron chi connectivity index (χ4n) is 3.63. The number of aromatic nitrogens is 4. The molecule has 35 heavy (non-hydrogen) atoms. The van der Waals surface area contributed by atoms with E-state index in [9.17, 15) is 14.3 Å². The van der Waals surface area contributed by atoms with Crippen LogP contribution in [0.25, 0.3) is 28.0 Å². The molecule has 1 fully saturated rings. The first-order valence-corrected chi connectivity index (χ1v) is 11.0. The van der Waals surface area contributed by atoms with Crippen molar-refractivity contribution in [3.8, 4) is 11.5 Å². The third-order valence-corrected chi connectivity index (χ3v) is 5.90. The second-order valence-corrected chi connectivity index (χ2v) is 8.52. The van der Waals surface area contributed by atoms with Gasteiger partial charge in [0.25, 0.3) is 0 Å². The number of pyridine rings is 2. The summed E-state index contributed by atoms with van der Waals surface area (Å²) >= 11 is 0. The minimum atomic E-state index is -1.09. The number of aliphatic hydroxyl groups excluding tert-OH is 1. The molecule has 0 aliphatic heterocycles. The second kappa shape index (κ2) is 10.7. The van der Waals surface area contributed by atoms with E-state index >= 15 is 0 Å². The zero-order chi connectivity index (χ0) is 24.6. The van der Waals surface area contributed by atoms with Crippen LogP contribution in [0.3, 0.4) is 0 Å². The molecular weight excluding hydrogens is 440 g/mol. The third kappa shape index (κ3) is 5.62. The van der Waals surface area contributed by atoms with Crippen LogP contribution >= 0.6 is 0 Å². The molecular formula is C26H26FLiN5O2-. The molecule has 0 aromatic carbocycles. The van der Waals surface area contributed by atoms with Gasteiger partial charge in [0.2, 0.25) is 5.91 Å². The number of hydrogen-bond acceptors (Lipinski definition) is 5. The Hall–Kier alpha value is -3.05. The number of carbonyl (C=O) groups excluding carboxylic acids is 1. The van der Waals surface area contributed by atoms with Gasteiger partial charge in [-0.2, -0.15) is 0 Å². The molecule has 4 rings (SSSR count). The van der Waals surface area contributed by atoms with Crippen molar-refractivity contribution < 1.29 is 33.2 Å². The average molecular weight is 466 g/mol. The van der Waals surface area contributed by atoms with Gasteiger partial charge in [0, 0.05) is 43.2 Å². The molecule has 0 saturated heterocycles. The molecule has 3 aromatic rings. The summed E-state index contributed by atoms with van der Waals surface area (Å²) in [5.74, 6) is -0.109. The molecule has 0 spiro atoms. The number of rotatable bonds is 8. The molecule has 9 heteroatoms. The Morgan fingerprint density at radius 3 is 2.69 bits per heavy atom. The minimum absolute atomic E-state index is 0. The van der Waals surface area contributed by atoms with Crippen LogP contribution in [0.2, 0.25) is 0 Å². The van der Waals surface area contributed by atoms with Crippen LogP contribution in [0.5, 0.6) is 0 Å². The maximum absolute atomic E-state index is 13.2. The molecule has 0 unspecified atom stereocenters. The largest absolute Gasteiger partial charge is 1.00 e. The number of nitrogens with zero attached hydrogens (tertiary/aromatic N) is 4. The maximum Gasteiger partial charge on any atom is 1.00 e. The van der Waals surface area contributed by atoms with Gasteiger partial charge >= 0.3 is 18.9 Å². The first-order chi connectivity index (χ1) is 16.2. The number of fused-ring (bicyclic) bond motifs is 1. The van der Waals surface area contributed by atoms with E-state index in [1.165, 1.54) is 0 Å². The molecule has 1 saturated carbocycles. The van der Waals surface area contributed by atoms with E-state index in [2.05, 4.69) is 15.3 Å². The standard InChI is InChI=1S/C26H26FN5O2.Li/c1-6-22(33)15(3)9-14(2)16(4)18-10-17-13-29-23(31-26(34)19-11-20(19)27)12-21(17)30-24(18)25-28-7-8-32(25)5;/h3-4,7-10,12-13,19-20,22,33H,6,11H2,1-2,5H3,(H,29,31,34);/q-2;+1/b14-9-;/t19-,20+,22+;/m0./s1. The zero-order valence-corrected chi connectivity index (χ0v) is 20.3. The molecule has 1 aliphatic rings. The quantitative estimate of drug-likeness (QED) is 0.296. The Bertz CT molecular complexity index is 1330. The van der Waals surface area contributed by atoms with Crippen LogP contribution in [0, 0.1) is 19.1 Å². The number of anilines is 1. The molecule has 3 aromatic heterocycles. The fourth-order valence-corrected chi connectivity index (χ4v) is 3.63. The average Bonchev–Trinajstić information content (AvgIpc) is 3.41. The van der Waals surface area contributed by atoms with Gasteiger partial charge in [0.05, 0.1) is 17.1 Å². The first-order valence-electron chi connectivity index (χ1n) is 11.0. The van der Waals surface area contributed by atoms with Crippen molar-refractivity contribution in [1.82, 2.24) is 19.5 Å². The molecule has 3 heterocycles. The number of alkyl halides is 1. The van der Waals surface area contributed by atoms with Gasteiger partial charge in [-0.15, -0.1) is 6.92 Å². The summed E-state index contributed by atoms with van der Waals surface area (Å²) in [7, 11) is 1.85. The number of allylic oxidation sites excluding steroid dienone is 2. The van der Waals surface area contributed by atoms with Gasteiger partial charge in [0.1, 0.15) is 17.8 Å². The Labute approximate surface area is 216 Å². The Morgan fingerprint density at radius 2 is 2.09 bits per heavy atom. The van der Waals surface area contributed by atoms with Gasteiger partial charge in [-0.1, -0.05) is 18.6 Å². The van der Waals surface area contributed by atoms with Crippen LogP contribution in [-0.2, 0) is 11.8 Å². The molecule has 0 radical (unpaired) electrons. The van der Waals surface area contributed by atoms with Crippen molar-refractivity contribution in [2.75, 3.05) is 5.32 Å². The number of aliphatic hydroxyl groups is 1. The Kier molecular flexibility index (Phi) is 8.11. The van der Waals surface area contributed by atoms with Crippen molar-refractivity contribution in [2.24, 2.45) is 13.0 Å². The minimum Gasteiger partial charge on any atom is -0.392 e. The number of halogens is 1. The Morgan fingerprint density at radius 1 is 1.37 bits per heavy atom. The molecule has 1 aliphatic carbocycles. The van der Waals surface area contributed by atoms with E-state index in [1.807, 2.05) is 31.5 Å². The summed E-state index contributed by atoms with van der Waals surface area (Å²) in [6, 6.07) is 3.49. The molecule has 0 bridgehead atoms. The second-order valence-electron chi connectivity index (χ2n) is 8.52. The fraction of sp³-hybridized carbons (Fsp3) is 0.308. The van der Waals surface area contributed by atoms with Crippen LogP contribution in [-0.4, -0.2) is 42.8 Å². The zero-order valence-electron chi connectivity index (χ0n) is 20.3. The van der Waals surface area contributed by atoms with E-state index in [0.29, 0.717) is 56.9 Å². The van der Waals surface area contributed by atoms with E-state index in [0.717, 1.165) is 0 Å². The number of aryl methyl sites for hydroxylation is 1. The number of imidazole rings is 1. The molecule has 7 nitrogen and oxygen atoms in total. The predicted molar refractivity (Wildman–Crippen MR) is 129 cm³/mol. The van der Waals surface area contributed by atoms with Gasteiger partial charge in [-0.05, 0) is 12.8 Å². The smallest absolute Gasteiger partial charge is 0.392 e. The summed E-state index contributed by atoms with van der Waals surface area (Å²) in [4.78, 5) is 25.6. The Balaban J connectivity index is 0.00000342. The van der Waals surface area contributed by atoms with E-state index in [-0.39, 0.29) is 31.2 Å². The van der Waals surface area contributed by atoms with Crippen molar-refractivity contribution in [3.05, 3.63) is 66.7 Å². The normalized spacial score (nSPS) is 18.0. The van der Waals surface area contributed by atoms with Gasteiger partial charge < -0.3 is 15.0 Å². The topological polar surface area (TPSA) is 92.9 Å². The summed E-state index contributed by atoms with van der Waals surface area (Å²) in [5, 5.41) is 13.4. The van der Waals surface area contributed by atoms with Crippen molar-refractivity contribution >= 4 is 28.2 Å². The van der Waals surface area contributed by atoms with Gasteiger partial charge in [-0.3, -0.25) is 22.4 Å². The summed E-state index contributed by atoms with van der Waals surface area (Å²) in [5.41, 5.74) is 3.16. The number of nitrogens with one attached hydrogen (secondary N) is 1. The van der Waals surface area contributed by atoms with Gasteiger partial charge in [0.15, 0.2) is 0 Å². The van der Waals surface area contributed by atoms with Crippen molar-refractivity contribution in [3.63, 3.8) is 0 Å². The number of carbonyl (C=O) groups is 1. The van der Waals surface area contributed by atoms with Crippen LogP contribution in [0.1, 0.15) is 32.3 Å². The van der Waals surface area contributed by atoms with Crippen LogP contribution in [0.4, 0.5) is 10.2 Å².